The van der Waals surface area contributed by atoms with Crippen LogP contribution in [-0.2, 0) is 39.0 Å². The van der Waals surface area contributed by atoms with Crippen LogP contribution in [0.5, 0.6) is 0 Å². The highest BCUT2D eigenvalue weighted by molar-refractivity contribution is 7.89. The van der Waals surface area contributed by atoms with Crippen molar-refractivity contribution in [1.29, 1.82) is 0 Å². The van der Waals surface area contributed by atoms with E-state index in [0.717, 1.165) is 11.1 Å². The van der Waals surface area contributed by atoms with E-state index in [1.807, 2.05) is 30.3 Å². The Morgan fingerprint density at radius 3 is 2.20 bits per heavy atom. The molecule has 10 heteroatoms. The zero-order valence-corrected chi connectivity index (χ0v) is 23.4. The molecule has 3 aromatic rings. The van der Waals surface area contributed by atoms with Crippen molar-refractivity contribution in [2.75, 3.05) is 19.7 Å². The van der Waals surface area contributed by atoms with Gasteiger partial charge in [0.05, 0.1) is 4.90 Å². The first-order chi connectivity index (χ1) is 19.2. The number of aliphatic hydroxyl groups is 1. The van der Waals surface area contributed by atoms with Crippen LogP contribution in [-0.4, -0.2) is 56.0 Å². The van der Waals surface area contributed by atoms with E-state index >= 15 is 0 Å². The van der Waals surface area contributed by atoms with Gasteiger partial charge in [0.25, 0.3) is 0 Å². The minimum absolute atomic E-state index is 0.0730. The van der Waals surface area contributed by atoms with Gasteiger partial charge in [-0.2, -0.15) is 0 Å². The maximum atomic E-state index is 13.7. The first-order valence-electron chi connectivity index (χ1n) is 13.3. The van der Waals surface area contributed by atoms with Gasteiger partial charge in [0.1, 0.15) is 11.9 Å². The van der Waals surface area contributed by atoms with E-state index in [9.17, 15) is 22.4 Å². The molecule has 40 heavy (non-hydrogen) atoms. The highest BCUT2D eigenvalue weighted by Crippen LogP contribution is 2.18. The number of nitrogens with zero attached hydrogens (tertiary/aromatic N) is 1. The van der Waals surface area contributed by atoms with Crippen LogP contribution >= 0.6 is 0 Å². The van der Waals surface area contributed by atoms with E-state index in [-0.39, 0.29) is 55.8 Å². The van der Waals surface area contributed by atoms with Crippen LogP contribution in [0, 0.1) is 5.82 Å². The maximum absolute atomic E-state index is 13.7. The van der Waals surface area contributed by atoms with Crippen molar-refractivity contribution in [3.05, 3.63) is 101 Å². The predicted molar refractivity (Wildman–Crippen MR) is 151 cm³/mol. The number of halogens is 1. The van der Waals surface area contributed by atoms with Crippen LogP contribution < -0.4 is 10.0 Å². The standard InChI is InChI=1S/C30H36FN3O5S/c1-2-33-40(38,39)27-16-11-23(12-17-27)13-18-29(36)34(22-25-9-14-26(31)15-10-25)28(30(37)32-19-6-20-35)21-24-7-4-3-5-8-24/h3-5,7-12,14-17,28,33,35H,2,6,13,18-22H2,1H3,(H,32,37)/t28-/m0/s1. The van der Waals surface area contributed by atoms with E-state index < -0.39 is 21.9 Å². The van der Waals surface area contributed by atoms with Crippen molar-refractivity contribution < 1.29 is 27.5 Å². The molecule has 2 amide bonds. The second-order valence-electron chi connectivity index (χ2n) is 9.37. The molecule has 8 nitrogen and oxygen atoms in total. The Labute approximate surface area is 235 Å². The lowest BCUT2D eigenvalue weighted by Crippen LogP contribution is -2.50. The third-order valence-electron chi connectivity index (χ3n) is 6.37. The fourth-order valence-electron chi connectivity index (χ4n) is 4.25. The molecule has 0 heterocycles. The number of aliphatic hydroxyl groups excluding tert-OH is 1. The first-order valence-corrected chi connectivity index (χ1v) is 14.8. The van der Waals surface area contributed by atoms with Gasteiger partial charge in [0.2, 0.25) is 21.8 Å². The van der Waals surface area contributed by atoms with Crippen molar-refractivity contribution in [2.24, 2.45) is 0 Å². The Morgan fingerprint density at radius 1 is 0.925 bits per heavy atom. The molecule has 0 aliphatic rings. The lowest BCUT2D eigenvalue weighted by molar-refractivity contribution is -0.141. The van der Waals surface area contributed by atoms with Gasteiger partial charge in [-0.3, -0.25) is 9.59 Å². The molecule has 3 N–H and O–H groups in total. The van der Waals surface area contributed by atoms with Gasteiger partial charge < -0.3 is 15.3 Å². The summed E-state index contributed by atoms with van der Waals surface area (Å²) in [5, 5.41) is 12.0. The largest absolute Gasteiger partial charge is 0.396 e. The number of sulfonamides is 1. The topological polar surface area (TPSA) is 116 Å². The highest BCUT2D eigenvalue weighted by Gasteiger charge is 2.30. The molecule has 0 aliphatic carbocycles. The smallest absolute Gasteiger partial charge is 0.243 e. The third kappa shape index (κ3) is 9.25. The average molecular weight is 570 g/mol. The van der Waals surface area contributed by atoms with Crippen LogP contribution in [0.15, 0.2) is 83.8 Å². The van der Waals surface area contributed by atoms with E-state index in [1.54, 1.807) is 31.2 Å². The lowest BCUT2D eigenvalue weighted by Gasteiger charge is -2.31. The fraction of sp³-hybridized carbons (Fsp3) is 0.333. The molecule has 0 aliphatic heterocycles. The molecule has 0 saturated heterocycles. The van der Waals surface area contributed by atoms with Crippen molar-refractivity contribution in [3.63, 3.8) is 0 Å². The zero-order valence-electron chi connectivity index (χ0n) is 22.6. The van der Waals surface area contributed by atoms with Crippen LogP contribution in [0.1, 0.15) is 36.5 Å². The summed E-state index contributed by atoms with van der Waals surface area (Å²) in [4.78, 5) is 28.7. The highest BCUT2D eigenvalue weighted by atomic mass is 32.2. The van der Waals surface area contributed by atoms with Gasteiger partial charge >= 0.3 is 0 Å². The van der Waals surface area contributed by atoms with Crippen molar-refractivity contribution in [3.8, 4) is 0 Å². The maximum Gasteiger partial charge on any atom is 0.243 e. The van der Waals surface area contributed by atoms with Gasteiger partial charge in [0, 0.05) is 39.1 Å². The molecule has 0 aromatic heterocycles. The third-order valence-corrected chi connectivity index (χ3v) is 7.93. The van der Waals surface area contributed by atoms with Crippen LogP contribution in [0.25, 0.3) is 0 Å². The van der Waals surface area contributed by atoms with E-state index in [1.165, 1.54) is 29.2 Å². The lowest BCUT2D eigenvalue weighted by atomic mass is 10.0. The molecular weight excluding hydrogens is 533 g/mol. The Hall–Kier alpha value is -3.60. The summed E-state index contributed by atoms with van der Waals surface area (Å²) in [6.07, 6.45) is 1.07. The SMILES string of the molecule is CCNS(=O)(=O)c1ccc(CCC(=O)N(Cc2ccc(F)cc2)[C@@H](Cc2ccccc2)C(=O)NCCCO)cc1. The quantitative estimate of drug-likeness (QED) is 0.243. The number of amides is 2. The number of carbonyl (C=O) groups is 2. The Morgan fingerprint density at radius 2 is 1.57 bits per heavy atom. The second-order valence-corrected chi connectivity index (χ2v) is 11.1. The summed E-state index contributed by atoms with van der Waals surface area (Å²) in [6, 6.07) is 20.7. The first kappa shape index (κ1) is 30.9. The van der Waals surface area contributed by atoms with Crippen LogP contribution in [0.2, 0.25) is 0 Å². The number of aryl methyl sites for hydroxylation is 1. The van der Waals surface area contributed by atoms with Gasteiger partial charge in [0.15, 0.2) is 0 Å². The normalized spacial score (nSPS) is 12.1. The predicted octanol–water partition coefficient (Wildman–Crippen LogP) is 3.20. The molecule has 0 fully saturated rings. The summed E-state index contributed by atoms with van der Waals surface area (Å²) in [5.74, 6) is -1.01. The summed E-state index contributed by atoms with van der Waals surface area (Å²) in [5.41, 5.74) is 2.32. The molecule has 0 radical (unpaired) electrons. The number of nitrogens with one attached hydrogen (secondary N) is 2. The summed E-state index contributed by atoms with van der Waals surface area (Å²) < 4.78 is 40.5. The Kier molecular flexibility index (Phi) is 11.8. The van der Waals surface area contributed by atoms with Gasteiger partial charge in [-0.05, 0) is 53.8 Å². The monoisotopic (exact) mass is 569 g/mol. The molecule has 214 valence electrons. The average Bonchev–Trinajstić information content (AvgIpc) is 2.95. The Balaban J connectivity index is 1.85. The Bertz CT molecular complexity index is 1330. The second kappa shape index (κ2) is 15.3. The van der Waals surface area contributed by atoms with Crippen LogP contribution in [0.3, 0.4) is 0 Å². The van der Waals surface area contributed by atoms with Crippen LogP contribution in [0.4, 0.5) is 4.39 Å². The van der Waals surface area contributed by atoms with Gasteiger partial charge in [-0.25, -0.2) is 17.5 Å². The molecule has 0 bridgehead atoms. The molecule has 3 aromatic carbocycles. The number of hydrogen-bond acceptors (Lipinski definition) is 5. The number of rotatable bonds is 15. The van der Waals surface area contributed by atoms with Crippen molar-refractivity contribution in [1.82, 2.24) is 14.9 Å². The molecule has 3 rings (SSSR count). The summed E-state index contributed by atoms with van der Waals surface area (Å²) in [6.45, 7) is 2.27. The van der Waals surface area contributed by atoms with E-state index in [2.05, 4.69) is 10.0 Å². The molecule has 0 spiro atoms. The van der Waals surface area contributed by atoms with Crippen molar-refractivity contribution in [2.45, 2.75) is 50.1 Å². The van der Waals surface area contributed by atoms with Gasteiger partial charge in [-0.15, -0.1) is 0 Å². The molecular formula is C30H36FN3O5S. The molecule has 1 atom stereocenters. The van der Waals surface area contributed by atoms with E-state index in [0.29, 0.717) is 18.4 Å². The summed E-state index contributed by atoms with van der Waals surface area (Å²) in [7, 11) is -3.58. The summed E-state index contributed by atoms with van der Waals surface area (Å²) >= 11 is 0. The minimum Gasteiger partial charge on any atom is -0.396 e. The minimum atomic E-state index is -3.58. The van der Waals surface area contributed by atoms with Gasteiger partial charge in [-0.1, -0.05) is 61.5 Å². The van der Waals surface area contributed by atoms with Crippen molar-refractivity contribution >= 4 is 21.8 Å². The zero-order chi connectivity index (χ0) is 29.0. The fourth-order valence-corrected chi connectivity index (χ4v) is 5.29. The molecule has 0 unspecified atom stereocenters. The molecule has 0 saturated carbocycles. The number of hydrogen-bond donors (Lipinski definition) is 3. The number of benzene rings is 3. The van der Waals surface area contributed by atoms with E-state index in [4.69, 9.17) is 5.11 Å². The number of carbonyl (C=O) groups excluding carboxylic acids is 2.